The van der Waals surface area contributed by atoms with Gasteiger partial charge in [0.1, 0.15) is 11.1 Å². The minimum absolute atomic E-state index is 0.0615. The zero-order chi connectivity index (χ0) is 30.2. The maximum absolute atomic E-state index is 13.3. The molecule has 0 aliphatic carbocycles. The number of fused-ring (bicyclic) bond motifs is 1. The molecule has 2 aliphatic heterocycles. The number of benzene rings is 1. The van der Waals surface area contributed by atoms with E-state index in [1.165, 1.54) is 10.9 Å². The van der Waals surface area contributed by atoms with Crippen molar-refractivity contribution in [1.82, 2.24) is 29.2 Å². The first kappa shape index (κ1) is 29.3. The molecule has 0 bridgehead atoms. The second-order valence-electron chi connectivity index (χ2n) is 11.5. The van der Waals surface area contributed by atoms with Gasteiger partial charge in [0, 0.05) is 42.6 Å². The Morgan fingerprint density at radius 3 is 2.67 bits per heavy atom. The van der Waals surface area contributed by atoms with E-state index in [1.807, 2.05) is 26.0 Å². The van der Waals surface area contributed by atoms with E-state index in [-0.39, 0.29) is 23.7 Å². The van der Waals surface area contributed by atoms with Gasteiger partial charge in [-0.3, -0.25) is 9.80 Å². The van der Waals surface area contributed by atoms with Crippen LogP contribution < -0.4 is 20.5 Å². The molecule has 12 heteroatoms. The summed E-state index contributed by atoms with van der Waals surface area (Å²) in [5, 5.41) is 20.2. The zero-order valence-electron chi connectivity index (χ0n) is 25.3. The number of piperidine rings is 1. The van der Waals surface area contributed by atoms with Gasteiger partial charge in [-0.15, -0.1) is 6.58 Å². The van der Waals surface area contributed by atoms with E-state index in [9.17, 15) is 9.90 Å². The predicted molar refractivity (Wildman–Crippen MR) is 167 cm³/mol. The molecule has 1 atom stereocenters. The van der Waals surface area contributed by atoms with E-state index in [4.69, 9.17) is 9.72 Å². The van der Waals surface area contributed by atoms with Gasteiger partial charge < -0.3 is 25.0 Å². The largest absolute Gasteiger partial charge is 0.495 e. The summed E-state index contributed by atoms with van der Waals surface area (Å²) in [6.07, 6.45) is 7.76. The first-order valence-electron chi connectivity index (χ1n) is 14.3. The first-order chi connectivity index (χ1) is 20.1. The fraction of sp³-hybridized carbons (Fsp3) is 0.467. The van der Waals surface area contributed by atoms with Crippen molar-refractivity contribution < 1.29 is 9.84 Å². The number of aromatic nitrogens is 4. The normalized spacial score (nSPS) is 18.6. The van der Waals surface area contributed by atoms with Crippen molar-refractivity contribution in [2.75, 3.05) is 44.5 Å². The van der Waals surface area contributed by atoms with Gasteiger partial charge in [0.25, 0.3) is 5.56 Å². The molecule has 4 heterocycles. The Bertz CT molecular complexity index is 1580. The van der Waals surface area contributed by atoms with E-state index in [0.717, 1.165) is 43.1 Å². The van der Waals surface area contributed by atoms with Crippen LogP contribution in [0.15, 0.2) is 59.1 Å². The van der Waals surface area contributed by atoms with Gasteiger partial charge in [0.15, 0.2) is 17.7 Å². The molecule has 0 amide bonds. The number of allylic oxidation sites excluding steroid dienone is 2. The number of rotatable bonds is 8. The number of ether oxygens (including phenoxy) is 1. The number of anilines is 3. The van der Waals surface area contributed by atoms with Crippen LogP contribution in [0.25, 0.3) is 11.0 Å². The molecular formula is C30H41N9O3. The van der Waals surface area contributed by atoms with Crippen LogP contribution in [0.1, 0.15) is 33.6 Å². The highest BCUT2D eigenvalue weighted by Gasteiger charge is 2.32. The quantitative estimate of drug-likeness (QED) is 0.391. The summed E-state index contributed by atoms with van der Waals surface area (Å²) in [6, 6.07) is 5.92. The Kier molecular flexibility index (Phi) is 8.11. The Labute approximate surface area is 246 Å². The number of methoxy groups -OCH3 is 1. The first-order valence-corrected chi connectivity index (χ1v) is 14.3. The molecule has 0 spiro atoms. The van der Waals surface area contributed by atoms with E-state index < -0.39 is 6.23 Å². The smallest absolute Gasteiger partial charge is 0.278 e. The maximum Gasteiger partial charge on any atom is 0.278 e. The van der Waals surface area contributed by atoms with Crippen LogP contribution in [-0.4, -0.2) is 92.3 Å². The summed E-state index contributed by atoms with van der Waals surface area (Å²) in [6.45, 7) is 12.1. The van der Waals surface area contributed by atoms with Crippen LogP contribution in [0, 0.1) is 0 Å². The van der Waals surface area contributed by atoms with E-state index in [0.29, 0.717) is 22.8 Å². The molecule has 0 radical (unpaired) electrons. The molecule has 224 valence electrons. The molecule has 1 aromatic carbocycles. The molecule has 1 unspecified atom stereocenters. The molecule has 2 aromatic heterocycles. The second-order valence-corrected chi connectivity index (χ2v) is 11.5. The van der Waals surface area contributed by atoms with Gasteiger partial charge in [-0.1, -0.05) is 6.08 Å². The number of nitrogens with one attached hydrogen (secondary N) is 1. The van der Waals surface area contributed by atoms with Crippen molar-refractivity contribution in [3.8, 4) is 5.75 Å². The average molecular weight is 576 g/mol. The number of hydrogen-bond acceptors (Lipinski definition) is 10. The van der Waals surface area contributed by atoms with Crippen LogP contribution in [0.5, 0.6) is 5.75 Å². The summed E-state index contributed by atoms with van der Waals surface area (Å²) < 4.78 is 8.94. The predicted octanol–water partition coefficient (Wildman–Crippen LogP) is 3.21. The third-order valence-corrected chi connectivity index (χ3v) is 8.33. The molecular weight excluding hydrogens is 534 g/mol. The van der Waals surface area contributed by atoms with Crippen LogP contribution in [-0.2, 0) is 6.54 Å². The number of hydrogen-bond donors (Lipinski definition) is 2. The lowest BCUT2D eigenvalue weighted by Gasteiger charge is -2.44. The van der Waals surface area contributed by atoms with Crippen molar-refractivity contribution in [1.29, 1.82) is 0 Å². The lowest BCUT2D eigenvalue weighted by molar-refractivity contribution is 0.0188. The molecule has 2 N–H and O–H groups in total. The minimum Gasteiger partial charge on any atom is -0.495 e. The third-order valence-electron chi connectivity index (χ3n) is 8.33. The second kappa shape index (κ2) is 11.6. The van der Waals surface area contributed by atoms with Crippen molar-refractivity contribution in [3.63, 3.8) is 0 Å². The van der Waals surface area contributed by atoms with Gasteiger partial charge >= 0.3 is 0 Å². The number of nitrogens with zero attached hydrogens (tertiary/aromatic N) is 8. The molecule has 3 aromatic rings. The Morgan fingerprint density at radius 2 is 2.02 bits per heavy atom. The fourth-order valence-corrected chi connectivity index (χ4v) is 5.44. The van der Waals surface area contributed by atoms with Gasteiger partial charge in [-0.25, -0.2) is 14.3 Å². The molecule has 2 aliphatic rings. The minimum atomic E-state index is -0.859. The highest BCUT2D eigenvalue weighted by Crippen LogP contribution is 2.36. The zero-order valence-corrected chi connectivity index (χ0v) is 25.3. The summed E-state index contributed by atoms with van der Waals surface area (Å²) in [4.78, 5) is 27.2. The lowest BCUT2D eigenvalue weighted by Crippen LogP contribution is -2.50. The number of hydrazone groups is 1. The highest BCUT2D eigenvalue weighted by molar-refractivity contribution is 5.99. The third kappa shape index (κ3) is 5.39. The molecule has 1 saturated heterocycles. The molecule has 1 fully saturated rings. The Hall–Kier alpha value is -4.16. The van der Waals surface area contributed by atoms with Crippen molar-refractivity contribution in [2.45, 2.75) is 58.0 Å². The van der Waals surface area contributed by atoms with Crippen molar-refractivity contribution in [2.24, 2.45) is 5.10 Å². The molecule has 12 nitrogen and oxygen atoms in total. The van der Waals surface area contributed by atoms with Gasteiger partial charge in [0.2, 0.25) is 5.95 Å². The lowest BCUT2D eigenvalue weighted by atomic mass is 9.88. The summed E-state index contributed by atoms with van der Waals surface area (Å²) in [5.74, 6) is 1.53. The summed E-state index contributed by atoms with van der Waals surface area (Å²) in [5.41, 5.74) is 2.14. The fourth-order valence-electron chi connectivity index (χ4n) is 5.44. The monoisotopic (exact) mass is 575 g/mol. The Morgan fingerprint density at radius 1 is 1.29 bits per heavy atom. The molecule has 42 heavy (non-hydrogen) atoms. The van der Waals surface area contributed by atoms with Gasteiger partial charge in [0.05, 0.1) is 19.3 Å². The van der Waals surface area contributed by atoms with Gasteiger partial charge in [-0.05, 0) is 72.0 Å². The van der Waals surface area contributed by atoms with Crippen LogP contribution in [0.4, 0.5) is 17.3 Å². The number of aliphatic hydroxyl groups excluding tert-OH is 1. The summed E-state index contributed by atoms with van der Waals surface area (Å²) >= 11 is 0. The SMILES string of the molecule is C=CCn1c(=O)c2cnc(Nc3ccc(N4CCC(C)(N(C)C)CC4)c(OC)c3)nc2n1C1=NN(C(C)C)C(O)C=C1. The maximum atomic E-state index is 13.3. The van der Waals surface area contributed by atoms with Crippen LogP contribution in [0.2, 0.25) is 0 Å². The van der Waals surface area contributed by atoms with Crippen LogP contribution >= 0.6 is 0 Å². The number of aliphatic hydroxyl groups is 1. The van der Waals surface area contributed by atoms with Gasteiger partial charge in [-0.2, -0.15) is 10.1 Å². The highest BCUT2D eigenvalue weighted by atomic mass is 16.5. The van der Waals surface area contributed by atoms with Crippen LogP contribution in [0.3, 0.4) is 0 Å². The topological polar surface area (TPSA) is 116 Å². The summed E-state index contributed by atoms with van der Waals surface area (Å²) in [7, 11) is 5.97. The molecule has 5 rings (SSSR count). The van der Waals surface area contributed by atoms with Crippen molar-refractivity contribution >= 4 is 34.2 Å². The van der Waals surface area contributed by atoms with Crippen molar-refractivity contribution in [3.05, 3.63) is 59.6 Å². The van der Waals surface area contributed by atoms with E-state index >= 15 is 0 Å². The van der Waals surface area contributed by atoms with E-state index in [2.05, 4.69) is 58.9 Å². The Balaban J connectivity index is 1.47. The average Bonchev–Trinajstić information content (AvgIpc) is 3.24. The standard InChI is InChI=1S/C30H41N9O3/c1-8-15-37-28(41)22-19-31-29(33-27(22)39(37)25-11-12-26(40)38(34-25)20(2)3)32-21-9-10-23(24(18-21)42-7)36-16-13-30(4,14-17-36)35(5)6/h8-12,18-20,26,40H,1,13-17H2,2-7H3,(H,31,32,33). The van der Waals surface area contributed by atoms with E-state index in [1.54, 1.807) is 35.0 Å². The molecule has 0 saturated carbocycles.